The van der Waals surface area contributed by atoms with Crippen LogP contribution in [0.15, 0.2) is 39.8 Å². The van der Waals surface area contributed by atoms with E-state index < -0.39 is 0 Å². The second kappa shape index (κ2) is 6.79. The van der Waals surface area contributed by atoms with Gasteiger partial charge >= 0.3 is 0 Å². The van der Waals surface area contributed by atoms with E-state index in [2.05, 4.69) is 28.0 Å². The third kappa shape index (κ3) is 3.75. The fraction of sp³-hybridized carbons (Fsp3) is 0.308. The average molecular weight is 361 g/mol. The minimum atomic E-state index is -0.0579. The summed E-state index contributed by atoms with van der Waals surface area (Å²) in [6, 6.07) is 7.73. The van der Waals surface area contributed by atoms with E-state index in [1.807, 2.05) is 28.9 Å². The van der Waals surface area contributed by atoms with Gasteiger partial charge in [-0.1, -0.05) is 11.6 Å². The van der Waals surface area contributed by atoms with Gasteiger partial charge in [-0.25, -0.2) is 0 Å². The molecule has 0 saturated heterocycles. The lowest BCUT2D eigenvalue weighted by Crippen LogP contribution is -2.18. The fourth-order valence-electron chi connectivity index (χ4n) is 1.79. The summed E-state index contributed by atoms with van der Waals surface area (Å²) in [5.41, 5.74) is 7.30. The second-order valence-electron chi connectivity index (χ2n) is 4.06. The third-order valence-electron chi connectivity index (χ3n) is 2.73. The summed E-state index contributed by atoms with van der Waals surface area (Å²) in [6.07, 6.45) is 1.80. The summed E-state index contributed by atoms with van der Waals surface area (Å²) in [5, 5.41) is 5.04. The van der Waals surface area contributed by atoms with Crippen LogP contribution in [0.5, 0.6) is 0 Å². The Kier molecular flexibility index (Phi) is 5.33. The van der Waals surface area contributed by atoms with Gasteiger partial charge in [0.25, 0.3) is 0 Å². The van der Waals surface area contributed by atoms with Crippen molar-refractivity contribution in [2.75, 3.05) is 5.75 Å². The van der Waals surface area contributed by atoms with Crippen molar-refractivity contribution in [2.24, 2.45) is 5.73 Å². The first-order valence-corrected chi connectivity index (χ1v) is 8.12. The van der Waals surface area contributed by atoms with Crippen molar-refractivity contribution in [1.29, 1.82) is 0 Å². The molecule has 2 aromatic rings. The Balaban J connectivity index is 2.03. The van der Waals surface area contributed by atoms with Crippen molar-refractivity contribution in [1.82, 2.24) is 9.78 Å². The van der Waals surface area contributed by atoms with Gasteiger partial charge in [-0.2, -0.15) is 5.10 Å². The molecule has 1 aromatic heterocycles. The Morgan fingerprint density at radius 3 is 2.74 bits per heavy atom. The Labute approximate surface area is 130 Å². The van der Waals surface area contributed by atoms with Gasteiger partial charge in [0.1, 0.15) is 0 Å². The highest BCUT2D eigenvalue weighted by Gasteiger charge is 2.16. The van der Waals surface area contributed by atoms with Gasteiger partial charge in [-0.3, -0.25) is 4.68 Å². The molecule has 0 bridgehead atoms. The lowest BCUT2D eigenvalue weighted by molar-refractivity contribution is 0.591. The number of hydrogen-bond donors (Lipinski definition) is 1. The molecule has 3 nitrogen and oxygen atoms in total. The summed E-state index contributed by atoms with van der Waals surface area (Å²) >= 11 is 11.1. The molecule has 1 unspecified atom stereocenters. The molecule has 0 amide bonds. The highest BCUT2D eigenvalue weighted by molar-refractivity contribution is 9.10. The summed E-state index contributed by atoms with van der Waals surface area (Å²) < 4.78 is 2.90. The van der Waals surface area contributed by atoms with Gasteiger partial charge < -0.3 is 5.73 Å². The second-order valence-corrected chi connectivity index (χ2v) is 6.45. The molecule has 1 atom stereocenters. The summed E-state index contributed by atoms with van der Waals surface area (Å²) in [5.74, 6) is 0.798. The van der Waals surface area contributed by atoms with Crippen LogP contribution in [0.1, 0.15) is 18.7 Å². The Morgan fingerprint density at radius 2 is 2.11 bits per heavy atom. The average Bonchev–Trinajstić information content (AvgIpc) is 2.79. The maximum absolute atomic E-state index is 6.26. The number of rotatable bonds is 5. The van der Waals surface area contributed by atoms with Gasteiger partial charge in [0.15, 0.2) is 0 Å². The highest BCUT2D eigenvalue weighted by atomic mass is 79.9. The zero-order valence-corrected chi connectivity index (χ0v) is 13.7. The van der Waals surface area contributed by atoms with Crippen LogP contribution in [0.3, 0.4) is 0 Å². The van der Waals surface area contributed by atoms with Crippen LogP contribution in [0.2, 0.25) is 5.02 Å². The molecule has 0 aliphatic rings. The van der Waals surface area contributed by atoms with E-state index in [1.54, 1.807) is 18.0 Å². The molecule has 2 rings (SSSR count). The van der Waals surface area contributed by atoms with Crippen molar-refractivity contribution in [3.8, 4) is 0 Å². The predicted octanol–water partition coefficient (Wildman–Crippen LogP) is 4.11. The monoisotopic (exact) mass is 359 g/mol. The topological polar surface area (TPSA) is 43.8 Å². The predicted molar refractivity (Wildman–Crippen MR) is 84.7 cm³/mol. The standard InChI is InChI=1S/C13H15BrClN3S/c1-2-18-13(11(14)7-17-18)12(16)8-19-10-5-3-9(15)4-6-10/h3-7,12H,2,8,16H2,1H3. The number of halogens is 2. The van der Waals surface area contributed by atoms with Crippen molar-refractivity contribution >= 4 is 39.3 Å². The normalized spacial score (nSPS) is 12.6. The van der Waals surface area contributed by atoms with Crippen molar-refractivity contribution < 1.29 is 0 Å². The van der Waals surface area contributed by atoms with E-state index in [0.717, 1.165) is 27.5 Å². The molecule has 0 aliphatic carbocycles. The van der Waals surface area contributed by atoms with Crippen LogP contribution < -0.4 is 5.73 Å². The summed E-state index contributed by atoms with van der Waals surface area (Å²) in [4.78, 5) is 1.17. The molecule has 0 fully saturated rings. The first-order chi connectivity index (χ1) is 9.11. The maximum Gasteiger partial charge on any atom is 0.0701 e. The molecule has 1 heterocycles. The number of benzene rings is 1. The maximum atomic E-state index is 6.26. The quantitative estimate of drug-likeness (QED) is 0.816. The van der Waals surface area contributed by atoms with Gasteiger partial charge in [-0.15, -0.1) is 11.8 Å². The number of nitrogens with zero attached hydrogens (tertiary/aromatic N) is 2. The highest BCUT2D eigenvalue weighted by Crippen LogP contribution is 2.28. The molecule has 0 spiro atoms. The van der Waals surface area contributed by atoms with E-state index in [1.165, 1.54) is 4.90 Å². The number of aryl methyl sites for hydroxylation is 1. The van der Waals surface area contributed by atoms with Gasteiger partial charge in [0.05, 0.1) is 22.4 Å². The molecular weight excluding hydrogens is 346 g/mol. The van der Waals surface area contributed by atoms with Crippen molar-refractivity contribution in [2.45, 2.75) is 24.4 Å². The van der Waals surface area contributed by atoms with Crippen LogP contribution in [0, 0.1) is 0 Å². The SMILES string of the molecule is CCn1ncc(Br)c1C(N)CSc1ccc(Cl)cc1. The smallest absolute Gasteiger partial charge is 0.0701 e. The van der Waals surface area contributed by atoms with E-state index >= 15 is 0 Å². The Morgan fingerprint density at radius 1 is 1.42 bits per heavy atom. The van der Waals surface area contributed by atoms with Crippen LogP contribution >= 0.6 is 39.3 Å². The van der Waals surface area contributed by atoms with Crippen LogP contribution in [-0.2, 0) is 6.54 Å². The fourth-order valence-corrected chi connectivity index (χ4v) is 3.36. The number of thioether (sulfide) groups is 1. The van der Waals surface area contributed by atoms with Gasteiger partial charge in [0, 0.05) is 22.2 Å². The Hall–Kier alpha value is -0.490. The lowest BCUT2D eigenvalue weighted by Gasteiger charge is -2.14. The zero-order valence-electron chi connectivity index (χ0n) is 10.5. The third-order valence-corrected chi connectivity index (χ3v) is 4.72. The van der Waals surface area contributed by atoms with Crippen LogP contribution in [0.4, 0.5) is 0 Å². The first-order valence-electron chi connectivity index (χ1n) is 5.97. The molecular formula is C13H15BrClN3S. The summed E-state index contributed by atoms with van der Waals surface area (Å²) in [6.45, 7) is 2.88. The molecule has 0 radical (unpaired) electrons. The molecule has 0 aliphatic heterocycles. The molecule has 0 saturated carbocycles. The minimum absolute atomic E-state index is 0.0579. The zero-order chi connectivity index (χ0) is 13.8. The van der Waals surface area contributed by atoms with Gasteiger partial charge in [-0.05, 0) is 47.1 Å². The molecule has 102 valence electrons. The van der Waals surface area contributed by atoms with E-state index in [-0.39, 0.29) is 6.04 Å². The minimum Gasteiger partial charge on any atom is -0.322 e. The van der Waals surface area contributed by atoms with Crippen LogP contribution in [0.25, 0.3) is 0 Å². The largest absolute Gasteiger partial charge is 0.322 e. The number of nitrogens with two attached hydrogens (primary N) is 1. The van der Waals surface area contributed by atoms with Crippen molar-refractivity contribution in [3.05, 3.63) is 45.7 Å². The number of aromatic nitrogens is 2. The van der Waals surface area contributed by atoms with Crippen molar-refractivity contribution in [3.63, 3.8) is 0 Å². The van der Waals surface area contributed by atoms with E-state index in [4.69, 9.17) is 17.3 Å². The molecule has 2 N–H and O–H groups in total. The van der Waals surface area contributed by atoms with E-state index in [9.17, 15) is 0 Å². The van der Waals surface area contributed by atoms with E-state index in [0.29, 0.717) is 0 Å². The molecule has 1 aromatic carbocycles. The molecule has 19 heavy (non-hydrogen) atoms. The van der Waals surface area contributed by atoms with Crippen LogP contribution in [-0.4, -0.2) is 15.5 Å². The number of hydrogen-bond acceptors (Lipinski definition) is 3. The van der Waals surface area contributed by atoms with Gasteiger partial charge in [0.2, 0.25) is 0 Å². The Bertz CT molecular complexity index is 541. The first kappa shape index (κ1) is 14.9. The lowest BCUT2D eigenvalue weighted by atomic mass is 10.2. The summed E-state index contributed by atoms with van der Waals surface area (Å²) in [7, 11) is 0. The molecule has 6 heteroatoms.